The first-order valence-corrected chi connectivity index (χ1v) is 5.75. The first-order chi connectivity index (χ1) is 7.52. The predicted octanol–water partition coefficient (Wildman–Crippen LogP) is -0.193. The van der Waals surface area contributed by atoms with E-state index in [9.17, 15) is 4.79 Å². The van der Waals surface area contributed by atoms with Gasteiger partial charge in [-0.25, -0.2) is 0 Å². The van der Waals surface area contributed by atoms with Crippen molar-refractivity contribution in [2.45, 2.75) is 32.4 Å². The summed E-state index contributed by atoms with van der Waals surface area (Å²) in [4.78, 5) is 13.6. The number of carbonyl (C=O) groups is 1. The highest BCUT2D eigenvalue weighted by molar-refractivity contribution is 5.81. The normalized spacial score (nSPS) is 14.9. The number of ether oxygens (including phenoxy) is 1. The van der Waals surface area contributed by atoms with Crippen molar-refractivity contribution in [3.05, 3.63) is 0 Å². The van der Waals surface area contributed by atoms with Gasteiger partial charge in [-0.05, 0) is 20.4 Å². The van der Waals surface area contributed by atoms with Gasteiger partial charge in [-0.2, -0.15) is 0 Å². The Labute approximate surface area is 98.3 Å². The molecule has 0 aromatic heterocycles. The van der Waals surface area contributed by atoms with E-state index >= 15 is 0 Å². The summed E-state index contributed by atoms with van der Waals surface area (Å²) in [6.45, 7) is 5.79. The van der Waals surface area contributed by atoms with Gasteiger partial charge in [0, 0.05) is 26.2 Å². The Morgan fingerprint density at radius 3 is 2.69 bits per heavy atom. The van der Waals surface area contributed by atoms with E-state index in [2.05, 4.69) is 5.32 Å². The van der Waals surface area contributed by atoms with E-state index in [4.69, 9.17) is 10.5 Å². The minimum atomic E-state index is -0.158. The van der Waals surface area contributed by atoms with Gasteiger partial charge in [0.15, 0.2) is 0 Å². The fraction of sp³-hybridized carbons (Fsp3) is 0.909. The standard InChI is InChI=1S/C11H25N3O2/c1-5-6-13-11(15)9(2)14(3)7-10(12)8-16-4/h9-10H,5-8,12H2,1-4H3,(H,13,15). The second-order valence-corrected chi connectivity index (χ2v) is 4.12. The number of rotatable bonds is 8. The molecule has 16 heavy (non-hydrogen) atoms. The summed E-state index contributed by atoms with van der Waals surface area (Å²) in [6, 6.07) is -0.217. The molecular formula is C11H25N3O2. The van der Waals surface area contributed by atoms with Gasteiger partial charge in [0.2, 0.25) is 5.91 Å². The molecule has 0 aliphatic carbocycles. The minimum absolute atomic E-state index is 0.0500. The molecule has 0 fully saturated rings. The van der Waals surface area contributed by atoms with Crippen LogP contribution >= 0.6 is 0 Å². The number of carbonyl (C=O) groups excluding carboxylic acids is 1. The van der Waals surface area contributed by atoms with Crippen LogP contribution < -0.4 is 11.1 Å². The maximum absolute atomic E-state index is 11.7. The quantitative estimate of drug-likeness (QED) is 0.607. The summed E-state index contributed by atoms with van der Waals surface area (Å²) in [5.74, 6) is 0.0500. The zero-order valence-corrected chi connectivity index (χ0v) is 10.8. The molecule has 0 aromatic rings. The van der Waals surface area contributed by atoms with Crippen molar-refractivity contribution < 1.29 is 9.53 Å². The van der Waals surface area contributed by atoms with Gasteiger partial charge in [-0.15, -0.1) is 0 Å². The van der Waals surface area contributed by atoms with Gasteiger partial charge >= 0.3 is 0 Å². The van der Waals surface area contributed by atoms with Crippen LogP contribution in [0.1, 0.15) is 20.3 Å². The molecule has 0 spiro atoms. The molecule has 1 amide bonds. The SMILES string of the molecule is CCCNC(=O)C(C)N(C)CC(N)COC. The predicted molar refractivity (Wildman–Crippen MR) is 65.2 cm³/mol. The first kappa shape index (κ1) is 15.3. The van der Waals surface area contributed by atoms with Crippen LogP contribution in [0.2, 0.25) is 0 Å². The van der Waals surface area contributed by atoms with E-state index < -0.39 is 0 Å². The van der Waals surface area contributed by atoms with Gasteiger partial charge in [-0.3, -0.25) is 9.69 Å². The zero-order chi connectivity index (χ0) is 12.6. The van der Waals surface area contributed by atoms with Gasteiger partial charge < -0.3 is 15.8 Å². The van der Waals surface area contributed by atoms with Crippen LogP contribution in [-0.2, 0) is 9.53 Å². The molecule has 0 aliphatic rings. The van der Waals surface area contributed by atoms with Crippen LogP contribution in [0.5, 0.6) is 0 Å². The van der Waals surface area contributed by atoms with Crippen molar-refractivity contribution in [3.63, 3.8) is 0 Å². The van der Waals surface area contributed by atoms with Crippen LogP contribution in [0, 0.1) is 0 Å². The van der Waals surface area contributed by atoms with Gasteiger partial charge in [-0.1, -0.05) is 6.92 Å². The molecule has 0 saturated carbocycles. The molecule has 0 aliphatic heterocycles. The van der Waals surface area contributed by atoms with Crippen molar-refractivity contribution in [1.82, 2.24) is 10.2 Å². The van der Waals surface area contributed by atoms with Crippen LogP contribution in [0.3, 0.4) is 0 Å². The number of nitrogens with zero attached hydrogens (tertiary/aromatic N) is 1. The van der Waals surface area contributed by atoms with Crippen molar-refractivity contribution in [2.75, 3.05) is 33.9 Å². The maximum Gasteiger partial charge on any atom is 0.237 e. The third-order valence-electron chi connectivity index (χ3n) is 2.49. The van der Waals surface area contributed by atoms with Crippen LogP contribution in [0.4, 0.5) is 0 Å². The molecular weight excluding hydrogens is 206 g/mol. The fourth-order valence-corrected chi connectivity index (χ4v) is 1.39. The second-order valence-electron chi connectivity index (χ2n) is 4.12. The molecule has 0 rings (SSSR count). The van der Waals surface area contributed by atoms with E-state index in [0.717, 1.165) is 13.0 Å². The lowest BCUT2D eigenvalue weighted by molar-refractivity contribution is -0.125. The van der Waals surface area contributed by atoms with E-state index in [1.54, 1.807) is 7.11 Å². The summed E-state index contributed by atoms with van der Waals surface area (Å²) < 4.78 is 4.96. The van der Waals surface area contributed by atoms with Crippen molar-refractivity contribution in [1.29, 1.82) is 0 Å². The van der Waals surface area contributed by atoms with E-state index in [-0.39, 0.29) is 18.0 Å². The second kappa shape index (κ2) is 8.50. The third kappa shape index (κ3) is 6.05. The Kier molecular flexibility index (Phi) is 8.15. The summed E-state index contributed by atoms with van der Waals surface area (Å²) in [7, 11) is 3.52. The van der Waals surface area contributed by atoms with E-state index in [1.807, 2.05) is 25.8 Å². The van der Waals surface area contributed by atoms with Crippen LogP contribution in [0.15, 0.2) is 0 Å². The number of likely N-dealkylation sites (N-methyl/N-ethyl adjacent to an activating group) is 1. The molecule has 0 heterocycles. The first-order valence-electron chi connectivity index (χ1n) is 5.75. The Balaban J connectivity index is 3.96. The molecule has 0 aromatic carbocycles. The summed E-state index contributed by atoms with van der Waals surface area (Å²) >= 11 is 0. The molecule has 0 bridgehead atoms. The lowest BCUT2D eigenvalue weighted by Gasteiger charge is -2.26. The number of hydrogen-bond donors (Lipinski definition) is 2. The number of nitrogens with two attached hydrogens (primary N) is 1. The molecule has 5 nitrogen and oxygen atoms in total. The Hall–Kier alpha value is -0.650. The van der Waals surface area contributed by atoms with Crippen molar-refractivity contribution in [3.8, 4) is 0 Å². The number of amides is 1. The minimum Gasteiger partial charge on any atom is -0.383 e. The lowest BCUT2D eigenvalue weighted by atomic mass is 10.2. The zero-order valence-electron chi connectivity index (χ0n) is 10.8. The molecule has 5 heteroatoms. The maximum atomic E-state index is 11.7. The number of nitrogens with one attached hydrogen (secondary N) is 1. The molecule has 96 valence electrons. The monoisotopic (exact) mass is 231 g/mol. The van der Waals surface area contributed by atoms with Gasteiger partial charge in [0.05, 0.1) is 12.6 Å². The lowest BCUT2D eigenvalue weighted by Crippen LogP contribution is -2.48. The topological polar surface area (TPSA) is 67.6 Å². The van der Waals surface area contributed by atoms with Crippen LogP contribution in [-0.4, -0.2) is 56.7 Å². The van der Waals surface area contributed by atoms with Crippen LogP contribution in [0.25, 0.3) is 0 Å². The summed E-state index contributed by atoms with van der Waals surface area (Å²) in [6.07, 6.45) is 0.950. The van der Waals surface area contributed by atoms with Crippen molar-refractivity contribution in [2.24, 2.45) is 5.73 Å². The van der Waals surface area contributed by atoms with Crippen molar-refractivity contribution >= 4 is 5.91 Å². The molecule has 2 atom stereocenters. The average Bonchev–Trinajstić information content (AvgIpc) is 2.24. The Morgan fingerprint density at radius 2 is 2.19 bits per heavy atom. The largest absolute Gasteiger partial charge is 0.383 e. The summed E-state index contributed by atoms with van der Waals surface area (Å²) in [5, 5.41) is 2.87. The van der Waals surface area contributed by atoms with E-state index in [0.29, 0.717) is 13.2 Å². The highest BCUT2D eigenvalue weighted by atomic mass is 16.5. The molecule has 3 N–H and O–H groups in total. The summed E-state index contributed by atoms with van der Waals surface area (Å²) in [5.41, 5.74) is 5.82. The fourth-order valence-electron chi connectivity index (χ4n) is 1.39. The average molecular weight is 231 g/mol. The molecule has 2 unspecified atom stereocenters. The molecule has 0 radical (unpaired) electrons. The van der Waals surface area contributed by atoms with Gasteiger partial charge in [0.25, 0.3) is 0 Å². The van der Waals surface area contributed by atoms with E-state index in [1.165, 1.54) is 0 Å². The molecule has 0 saturated heterocycles. The number of methoxy groups -OCH3 is 1. The van der Waals surface area contributed by atoms with Gasteiger partial charge in [0.1, 0.15) is 0 Å². The highest BCUT2D eigenvalue weighted by Gasteiger charge is 2.18. The number of hydrogen-bond acceptors (Lipinski definition) is 4. The Bertz CT molecular complexity index is 200. The Morgan fingerprint density at radius 1 is 1.56 bits per heavy atom. The smallest absolute Gasteiger partial charge is 0.237 e. The highest BCUT2D eigenvalue weighted by Crippen LogP contribution is 1.97. The third-order valence-corrected chi connectivity index (χ3v) is 2.49.